The molecular formula is C16H27N5O4. The van der Waals surface area contributed by atoms with Crippen LogP contribution in [0.3, 0.4) is 0 Å². The highest BCUT2D eigenvalue weighted by Crippen LogP contribution is 2.31. The smallest absolute Gasteiger partial charge is 0.327 e. The largest absolute Gasteiger partial charge is 0.343 e. The molecule has 0 aromatic rings. The molecule has 5 amide bonds. The number of fused-ring (bicyclic) bond motifs is 1. The van der Waals surface area contributed by atoms with E-state index in [-0.39, 0.29) is 30.9 Å². The number of amides is 5. The van der Waals surface area contributed by atoms with Crippen LogP contribution in [0.1, 0.15) is 34.1 Å². The van der Waals surface area contributed by atoms with E-state index in [1.54, 1.807) is 32.6 Å². The van der Waals surface area contributed by atoms with Gasteiger partial charge in [-0.3, -0.25) is 19.3 Å². The summed E-state index contributed by atoms with van der Waals surface area (Å²) in [6.45, 7) is 7.31. The molecule has 2 heterocycles. The number of nitrogens with two attached hydrogens (primary N) is 1. The van der Waals surface area contributed by atoms with Gasteiger partial charge in [-0.15, -0.1) is 0 Å². The molecule has 2 atom stereocenters. The molecule has 0 aromatic heterocycles. The Morgan fingerprint density at radius 2 is 1.92 bits per heavy atom. The zero-order chi connectivity index (χ0) is 19.2. The normalized spacial score (nSPS) is 25.1. The molecule has 0 aliphatic carbocycles. The van der Waals surface area contributed by atoms with Gasteiger partial charge in [0, 0.05) is 20.1 Å². The second-order valence-electron chi connectivity index (χ2n) is 7.49. The molecule has 0 radical (unpaired) electrons. The number of imide groups is 1. The van der Waals surface area contributed by atoms with Crippen molar-refractivity contribution >= 4 is 23.8 Å². The van der Waals surface area contributed by atoms with Crippen LogP contribution in [0, 0.1) is 0 Å². The minimum atomic E-state index is -1.09. The Bertz CT molecular complexity index is 614. The van der Waals surface area contributed by atoms with Gasteiger partial charge in [0.25, 0.3) is 5.91 Å². The summed E-state index contributed by atoms with van der Waals surface area (Å²) in [6.07, 6.45) is 0.407. The van der Waals surface area contributed by atoms with E-state index in [0.717, 1.165) is 4.90 Å². The number of carbonyl (C=O) groups is 4. The molecule has 0 aromatic carbocycles. The molecule has 0 saturated carbocycles. The van der Waals surface area contributed by atoms with Crippen molar-refractivity contribution in [1.82, 2.24) is 20.0 Å². The van der Waals surface area contributed by atoms with Gasteiger partial charge < -0.3 is 20.9 Å². The van der Waals surface area contributed by atoms with E-state index in [4.69, 9.17) is 5.73 Å². The van der Waals surface area contributed by atoms with Crippen LogP contribution in [0.15, 0.2) is 0 Å². The zero-order valence-corrected chi connectivity index (χ0v) is 15.5. The van der Waals surface area contributed by atoms with Crippen LogP contribution in [0.4, 0.5) is 4.79 Å². The molecule has 2 aliphatic rings. The van der Waals surface area contributed by atoms with Crippen molar-refractivity contribution in [2.45, 2.75) is 51.2 Å². The Morgan fingerprint density at radius 3 is 2.44 bits per heavy atom. The first-order chi connectivity index (χ1) is 11.4. The third-order valence-electron chi connectivity index (χ3n) is 4.88. The van der Waals surface area contributed by atoms with E-state index in [1.165, 1.54) is 11.9 Å². The van der Waals surface area contributed by atoms with Gasteiger partial charge in [0.05, 0.1) is 12.1 Å². The Balaban J connectivity index is 2.14. The van der Waals surface area contributed by atoms with Crippen LogP contribution in [0.25, 0.3) is 0 Å². The van der Waals surface area contributed by atoms with Gasteiger partial charge >= 0.3 is 6.03 Å². The molecule has 0 bridgehead atoms. The molecule has 9 heteroatoms. The molecular weight excluding hydrogens is 326 g/mol. The number of carbonyl (C=O) groups excluding carboxylic acids is 4. The second kappa shape index (κ2) is 6.29. The van der Waals surface area contributed by atoms with Crippen molar-refractivity contribution in [1.29, 1.82) is 0 Å². The third kappa shape index (κ3) is 3.20. The maximum absolute atomic E-state index is 12.8. The number of piperazine rings is 1. The lowest BCUT2D eigenvalue weighted by atomic mass is 9.96. The molecule has 2 fully saturated rings. The first-order valence-corrected chi connectivity index (χ1v) is 8.42. The Morgan fingerprint density at radius 1 is 1.32 bits per heavy atom. The monoisotopic (exact) mass is 353 g/mol. The van der Waals surface area contributed by atoms with E-state index in [0.29, 0.717) is 13.0 Å². The first-order valence-electron chi connectivity index (χ1n) is 8.42. The molecule has 3 N–H and O–H groups in total. The lowest BCUT2D eigenvalue weighted by molar-refractivity contribution is -0.144. The van der Waals surface area contributed by atoms with Gasteiger partial charge in [0.15, 0.2) is 0 Å². The Labute approximate surface area is 147 Å². The highest BCUT2D eigenvalue weighted by molar-refractivity contribution is 6.07. The van der Waals surface area contributed by atoms with Crippen molar-refractivity contribution in [3.63, 3.8) is 0 Å². The van der Waals surface area contributed by atoms with Crippen molar-refractivity contribution in [2.75, 3.05) is 26.7 Å². The summed E-state index contributed by atoms with van der Waals surface area (Å²) < 4.78 is 0. The molecule has 2 unspecified atom stereocenters. The van der Waals surface area contributed by atoms with Crippen LogP contribution in [0.5, 0.6) is 0 Å². The summed E-state index contributed by atoms with van der Waals surface area (Å²) in [6, 6.07) is -1.06. The quantitative estimate of drug-likeness (QED) is 0.636. The average molecular weight is 353 g/mol. The number of likely N-dealkylation sites (N-methyl/N-ethyl adjacent to an activating group) is 1. The first kappa shape index (κ1) is 19.2. The zero-order valence-electron chi connectivity index (χ0n) is 15.5. The summed E-state index contributed by atoms with van der Waals surface area (Å²) in [5.74, 6) is -1.00. The molecule has 140 valence electrons. The number of nitrogens with one attached hydrogen (secondary N) is 1. The van der Waals surface area contributed by atoms with Gasteiger partial charge in [0.2, 0.25) is 11.8 Å². The van der Waals surface area contributed by atoms with Crippen LogP contribution < -0.4 is 11.1 Å². The lowest BCUT2D eigenvalue weighted by Gasteiger charge is -2.43. The molecule has 0 spiro atoms. The van der Waals surface area contributed by atoms with Gasteiger partial charge in [-0.2, -0.15) is 0 Å². The number of urea groups is 1. The number of nitrogens with zero attached hydrogens (tertiary/aromatic N) is 3. The van der Waals surface area contributed by atoms with Gasteiger partial charge in [-0.1, -0.05) is 6.92 Å². The summed E-state index contributed by atoms with van der Waals surface area (Å²) >= 11 is 0. The summed E-state index contributed by atoms with van der Waals surface area (Å²) in [5.41, 5.74) is 3.62. The molecule has 25 heavy (non-hydrogen) atoms. The third-order valence-corrected chi connectivity index (χ3v) is 4.88. The van der Waals surface area contributed by atoms with E-state index >= 15 is 0 Å². The molecule has 2 rings (SSSR count). The predicted octanol–water partition coefficient (Wildman–Crippen LogP) is -0.887. The Hall–Kier alpha value is -2.16. The Kier molecular flexibility index (Phi) is 4.82. The van der Waals surface area contributed by atoms with Crippen molar-refractivity contribution in [3.05, 3.63) is 0 Å². The van der Waals surface area contributed by atoms with Gasteiger partial charge in [0.1, 0.15) is 11.6 Å². The summed E-state index contributed by atoms with van der Waals surface area (Å²) in [5, 5.41) is 2.67. The number of hydrogen-bond donors (Lipinski definition) is 2. The van der Waals surface area contributed by atoms with Crippen LogP contribution in [-0.4, -0.2) is 82.3 Å². The van der Waals surface area contributed by atoms with Crippen molar-refractivity contribution < 1.29 is 19.2 Å². The predicted molar refractivity (Wildman–Crippen MR) is 90.3 cm³/mol. The lowest BCUT2D eigenvalue weighted by Crippen LogP contribution is -2.65. The fourth-order valence-electron chi connectivity index (χ4n) is 3.21. The van der Waals surface area contributed by atoms with E-state index in [1.807, 2.05) is 0 Å². The van der Waals surface area contributed by atoms with E-state index in [9.17, 15) is 19.2 Å². The minimum Gasteiger partial charge on any atom is -0.343 e. The van der Waals surface area contributed by atoms with Crippen molar-refractivity contribution in [2.24, 2.45) is 5.73 Å². The van der Waals surface area contributed by atoms with E-state index in [2.05, 4.69) is 5.32 Å². The highest BCUT2D eigenvalue weighted by atomic mass is 16.2. The fourth-order valence-corrected chi connectivity index (χ4v) is 3.21. The maximum atomic E-state index is 12.8. The van der Waals surface area contributed by atoms with E-state index < -0.39 is 23.0 Å². The highest BCUT2D eigenvalue weighted by Gasteiger charge is 2.56. The average Bonchev–Trinajstić information content (AvgIpc) is 2.71. The summed E-state index contributed by atoms with van der Waals surface area (Å²) in [7, 11) is 1.44. The topological polar surface area (TPSA) is 116 Å². The van der Waals surface area contributed by atoms with Crippen LogP contribution >= 0.6 is 0 Å². The standard InChI is InChI=1S/C16H27N5O4/c1-6-10(18-12(23)15(2,3)17)11(22)20-7-8-21-14(25)19(5)13(24)16(21,4)9-20/h10H,6-9,17H2,1-5H3,(H,18,23). The fraction of sp³-hybridized carbons (Fsp3) is 0.750. The second-order valence-corrected chi connectivity index (χ2v) is 7.49. The number of hydrogen-bond acceptors (Lipinski definition) is 5. The number of rotatable bonds is 4. The van der Waals surface area contributed by atoms with Gasteiger partial charge in [-0.05, 0) is 27.2 Å². The van der Waals surface area contributed by atoms with Crippen LogP contribution in [-0.2, 0) is 14.4 Å². The molecule has 2 aliphatic heterocycles. The maximum Gasteiger partial charge on any atom is 0.327 e. The molecule has 2 saturated heterocycles. The van der Waals surface area contributed by atoms with Gasteiger partial charge in [-0.25, -0.2) is 4.79 Å². The SMILES string of the molecule is CCC(NC(=O)C(C)(C)N)C(=O)N1CCN2C(=O)N(C)C(=O)C2(C)C1. The summed E-state index contributed by atoms with van der Waals surface area (Å²) in [4.78, 5) is 53.6. The molecule has 9 nitrogen and oxygen atoms in total. The van der Waals surface area contributed by atoms with Crippen molar-refractivity contribution in [3.8, 4) is 0 Å². The van der Waals surface area contributed by atoms with Crippen LogP contribution in [0.2, 0.25) is 0 Å². The minimum absolute atomic E-state index is 0.110.